The van der Waals surface area contributed by atoms with Crippen molar-refractivity contribution >= 4 is 109 Å². The molecule has 0 amide bonds. The molecule has 80 heavy (non-hydrogen) atoms. The Morgan fingerprint density at radius 3 is 0.787 bits per heavy atom. The Hall–Kier alpha value is -10.5. The lowest BCUT2D eigenvalue weighted by Crippen LogP contribution is -1.91. The van der Waals surface area contributed by atoms with Gasteiger partial charge in [-0.2, -0.15) is 0 Å². The van der Waals surface area contributed by atoms with E-state index in [2.05, 4.69) is 255 Å². The quantitative estimate of drug-likeness (QED) is 0.155. The van der Waals surface area contributed by atoms with Gasteiger partial charge in [0.15, 0.2) is 0 Å². The maximum absolute atomic E-state index is 6.26. The first-order valence-corrected chi connectivity index (χ1v) is 27.5. The molecular formula is C78H46O2. The molecule has 0 saturated carbocycles. The fraction of sp³-hybridized carbons (Fsp3) is 0. The highest BCUT2D eigenvalue weighted by molar-refractivity contribution is 6.24. The van der Waals surface area contributed by atoms with Crippen LogP contribution in [0.25, 0.3) is 175 Å². The van der Waals surface area contributed by atoms with Gasteiger partial charge in [0.25, 0.3) is 0 Å². The van der Waals surface area contributed by atoms with Crippen molar-refractivity contribution in [2.45, 2.75) is 0 Å². The number of rotatable bonds is 6. The van der Waals surface area contributed by atoms with Gasteiger partial charge in [0, 0.05) is 21.5 Å². The summed E-state index contributed by atoms with van der Waals surface area (Å²) < 4.78 is 12.5. The minimum Gasteiger partial charge on any atom is -0.456 e. The topological polar surface area (TPSA) is 26.3 Å². The SMILES string of the molecule is c1ccc2c(c1)oc1ccc(-c3c4ccccc4c(-c4ccc(-c5ccc6ccc(-c7ccc8ccc(-c9c%10ccccc%10c(-c%10ccc%11oc%12ccccc%12c%11c%10)c%10ccccc9%10)cc8c7)cc6c5)cc4)c4ccccc34)cc12. The molecule has 0 bridgehead atoms. The molecule has 0 spiro atoms. The first-order chi connectivity index (χ1) is 39.6. The summed E-state index contributed by atoms with van der Waals surface area (Å²) in [6.07, 6.45) is 0. The van der Waals surface area contributed by atoms with E-state index >= 15 is 0 Å². The molecule has 0 aliphatic rings. The van der Waals surface area contributed by atoms with Crippen LogP contribution < -0.4 is 0 Å². The first kappa shape index (κ1) is 44.6. The highest BCUT2D eigenvalue weighted by Crippen LogP contribution is 2.48. The van der Waals surface area contributed by atoms with E-state index in [0.717, 1.165) is 43.9 Å². The molecule has 0 radical (unpaired) electrons. The monoisotopic (exact) mass is 1010 g/mol. The third-order valence-corrected chi connectivity index (χ3v) is 17.0. The van der Waals surface area contributed by atoms with Crippen molar-refractivity contribution in [3.05, 3.63) is 279 Å². The second-order valence-electron chi connectivity index (χ2n) is 21.4. The van der Waals surface area contributed by atoms with E-state index in [4.69, 9.17) is 8.83 Å². The summed E-state index contributed by atoms with van der Waals surface area (Å²) in [5, 5.41) is 19.3. The van der Waals surface area contributed by atoms with Crippen LogP contribution in [-0.2, 0) is 0 Å². The Bertz CT molecular complexity index is 5310. The third-order valence-electron chi connectivity index (χ3n) is 17.0. The fourth-order valence-electron chi connectivity index (χ4n) is 13.3. The predicted molar refractivity (Wildman–Crippen MR) is 339 cm³/mol. The maximum Gasteiger partial charge on any atom is 0.135 e. The zero-order valence-electron chi connectivity index (χ0n) is 43.4. The second-order valence-corrected chi connectivity index (χ2v) is 21.4. The molecule has 370 valence electrons. The summed E-state index contributed by atoms with van der Waals surface area (Å²) >= 11 is 0. The number of fused-ring (bicyclic) bond motifs is 12. The highest BCUT2D eigenvalue weighted by atomic mass is 16.3. The van der Waals surface area contributed by atoms with Crippen LogP contribution >= 0.6 is 0 Å². The third kappa shape index (κ3) is 6.92. The van der Waals surface area contributed by atoms with Gasteiger partial charge in [-0.25, -0.2) is 0 Å². The summed E-state index contributed by atoms with van der Waals surface area (Å²) in [5.74, 6) is 0. The number of benzene rings is 15. The average molecular weight is 1020 g/mol. The Kier molecular flexibility index (Phi) is 9.75. The van der Waals surface area contributed by atoms with Gasteiger partial charge in [0.2, 0.25) is 0 Å². The summed E-state index contributed by atoms with van der Waals surface area (Å²) in [6.45, 7) is 0. The zero-order chi connectivity index (χ0) is 52.4. The lowest BCUT2D eigenvalue weighted by Gasteiger charge is -2.18. The summed E-state index contributed by atoms with van der Waals surface area (Å²) in [6, 6.07) is 102. The van der Waals surface area contributed by atoms with Crippen molar-refractivity contribution in [1.82, 2.24) is 0 Å². The van der Waals surface area contributed by atoms with E-state index in [0.29, 0.717) is 0 Å². The summed E-state index contributed by atoms with van der Waals surface area (Å²) in [4.78, 5) is 0. The predicted octanol–water partition coefficient (Wildman–Crippen LogP) is 22.4. The first-order valence-electron chi connectivity index (χ1n) is 27.5. The molecule has 0 atom stereocenters. The van der Waals surface area contributed by atoms with Gasteiger partial charge in [-0.05, 0) is 192 Å². The summed E-state index contributed by atoms with van der Waals surface area (Å²) in [7, 11) is 0. The van der Waals surface area contributed by atoms with Crippen LogP contribution in [0.3, 0.4) is 0 Å². The summed E-state index contributed by atoms with van der Waals surface area (Å²) in [5.41, 5.74) is 18.2. The molecule has 2 heterocycles. The number of furan rings is 2. The van der Waals surface area contributed by atoms with Gasteiger partial charge in [-0.3, -0.25) is 0 Å². The Morgan fingerprint density at radius 2 is 0.400 bits per heavy atom. The fourth-order valence-corrected chi connectivity index (χ4v) is 13.3. The number of hydrogen-bond acceptors (Lipinski definition) is 2. The number of para-hydroxylation sites is 2. The molecule has 0 aliphatic heterocycles. The second kappa shape index (κ2) is 17.5. The number of hydrogen-bond donors (Lipinski definition) is 0. The molecule has 15 aromatic carbocycles. The van der Waals surface area contributed by atoms with E-state index in [1.807, 2.05) is 24.3 Å². The van der Waals surface area contributed by atoms with Crippen LogP contribution in [0.15, 0.2) is 288 Å². The normalized spacial score (nSPS) is 12.0. The molecule has 0 unspecified atom stereocenters. The standard InChI is InChI=1S/C78H46O2/c1-3-17-63-61(15-1)75(62-16-2-4-18-64(62)77(63)55-37-39-73-69(45-55)59-13-9-11-23-71(59)79-73)50-31-25-47(26-32-50)51-33-27-48-28-34-52(42-57(48)41-51)53-35-29-49-30-36-54(44-58(49)43-53)76-65-19-5-7-21-67(65)78(68-22-8-6-20-66(68)76)56-38-40-74-70(46-56)60-14-10-12-24-72(60)80-74/h1-46H. The van der Waals surface area contributed by atoms with Gasteiger partial charge in [0.05, 0.1) is 0 Å². The van der Waals surface area contributed by atoms with Crippen LogP contribution in [0, 0.1) is 0 Å². The van der Waals surface area contributed by atoms with Crippen molar-refractivity contribution in [2.75, 3.05) is 0 Å². The minimum absolute atomic E-state index is 0.906. The van der Waals surface area contributed by atoms with E-state index in [-0.39, 0.29) is 0 Å². The smallest absolute Gasteiger partial charge is 0.135 e. The van der Waals surface area contributed by atoms with Crippen molar-refractivity contribution in [2.24, 2.45) is 0 Å². The van der Waals surface area contributed by atoms with Gasteiger partial charge in [-0.1, -0.05) is 218 Å². The molecule has 2 heteroatoms. The van der Waals surface area contributed by atoms with Gasteiger partial charge >= 0.3 is 0 Å². The Labute approximate surface area is 460 Å². The van der Waals surface area contributed by atoms with Crippen LogP contribution in [0.1, 0.15) is 0 Å². The lowest BCUT2D eigenvalue weighted by atomic mass is 9.85. The molecule has 0 aliphatic carbocycles. The maximum atomic E-state index is 6.26. The largest absolute Gasteiger partial charge is 0.456 e. The van der Waals surface area contributed by atoms with Crippen molar-refractivity contribution in [3.8, 4) is 66.8 Å². The minimum atomic E-state index is 0.906. The van der Waals surface area contributed by atoms with E-state index in [1.165, 1.54) is 131 Å². The van der Waals surface area contributed by atoms with E-state index in [9.17, 15) is 0 Å². The van der Waals surface area contributed by atoms with Gasteiger partial charge in [-0.15, -0.1) is 0 Å². The van der Waals surface area contributed by atoms with Crippen molar-refractivity contribution < 1.29 is 8.83 Å². The molecule has 2 aromatic heterocycles. The Morgan fingerprint density at radius 1 is 0.150 bits per heavy atom. The van der Waals surface area contributed by atoms with E-state index < -0.39 is 0 Å². The zero-order valence-corrected chi connectivity index (χ0v) is 43.4. The molecule has 2 nitrogen and oxygen atoms in total. The van der Waals surface area contributed by atoms with Gasteiger partial charge in [0.1, 0.15) is 22.3 Å². The highest BCUT2D eigenvalue weighted by Gasteiger charge is 2.21. The van der Waals surface area contributed by atoms with Crippen molar-refractivity contribution in [3.63, 3.8) is 0 Å². The van der Waals surface area contributed by atoms with Crippen LogP contribution in [-0.4, -0.2) is 0 Å². The van der Waals surface area contributed by atoms with Gasteiger partial charge < -0.3 is 8.83 Å². The Balaban J connectivity index is 0.722. The molecule has 0 saturated heterocycles. The molecule has 17 rings (SSSR count). The molecule has 17 aromatic rings. The lowest BCUT2D eigenvalue weighted by molar-refractivity contribution is 0.668. The molecular weight excluding hydrogens is 969 g/mol. The average Bonchev–Trinajstić information content (AvgIpc) is 4.18. The molecule has 0 N–H and O–H groups in total. The van der Waals surface area contributed by atoms with Crippen LogP contribution in [0.4, 0.5) is 0 Å². The molecule has 0 fully saturated rings. The van der Waals surface area contributed by atoms with Crippen molar-refractivity contribution in [1.29, 1.82) is 0 Å². The van der Waals surface area contributed by atoms with Crippen LogP contribution in [0.5, 0.6) is 0 Å². The van der Waals surface area contributed by atoms with Crippen LogP contribution in [0.2, 0.25) is 0 Å². The van der Waals surface area contributed by atoms with E-state index in [1.54, 1.807) is 0 Å².